The number of nitrogens with one attached hydrogen (secondary N) is 1. The zero-order valence-electron chi connectivity index (χ0n) is 9.20. The Hall–Kier alpha value is -1.57. The summed E-state index contributed by atoms with van der Waals surface area (Å²) in [6.07, 6.45) is 4.91. The molecular weight excluding hydrogens is 184 g/mol. The van der Waals surface area contributed by atoms with Crippen LogP contribution in [-0.4, -0.2) is 10.2 Å². The molecule has 0 saturated carbocycles. The molecule has 1 N–H and O–H groups in total. The fourth-order valence-corrected chi connectivity index (χ4v) is 1.76. The average molecular weight is 200 g/mol. The molecule has 15 heavy (non-hydrogen) atoms. The Morgan fingerprint density at radius 2 is 2.13 bits per heavy atom. The summed E-state index contributed by atoms with van der Waals surface area (Å²) < 4.78 is 0. The van der Waals surface area contributed by atoms with E-state index in [0.29, 0.717) is 5.92 Å². The van der Waals surface area contributed by atoms with Gasteiger partial charge in [0, 0.05) is 11.8 Å². The quantitative estimate of drug-likeness (QED) is 0.809. The molecule has 0 aliphatic rings. The highest BCUT2D eigenvalue weighted by molar-refractivity contribution is 5.62. The molecule has 0 bridgehead atoms. The zero-order chi connectivity index (χ0) is 10.7. The van der Waals surface area contributed by atoms with Gasteiger partial charge < -0.3 is 0 Å². The second-order valence-electron chi connectivity index (χ2n) is 4.29. The van der Waals surface area contributed by atoms with E-state index < -0.39 is 0 Å². The second kappa shape index (κ2) is 4.30. The van der Waals surface area contributed by atoms with E-state index in [9.17, 15) is 0 Å². The lowest BCUT2D eigenvalue weighted by Crippen LogP contribution is -1.93. The van der Waals surface area contributed by atoms with Gasteiger partial charge in [-0.05, 0) is 23.5 Å². The van der Waals surface area contributed by atoms with Crippen LogP contribution in [0.2, 0.25) is 0 Å². The van der Waals surface area contributed by atoms with Crippen molar-refractivity contribution in [3.8, 4) is 11.1 Å². The lowest BCUT2D eigenvalue weighted by atomic mass is 9.99. The highest BCUT2D eigenvalue weighted by Crippen LogP contribution is 2.20. The van der Waals surface area contributed by atoms with E-state index in [1.165, 1.54) is 11.1 Å². The second-order valence-corrected chi connectivity index (χ2v) is 4.29. The van der Waals surface area contributed by atoms with Crippen LogP contribution in [0.5, 0.6) is 0 Å². The van der Waals surface area contributed by atoms with Crippen LogP contribution >= 0.6 is 0 Å². The summed E-state index contributed by atoms with van der Waals surface area (Å²) in [6.45, 7) is 4.48. The summed E-state index contributed by atoms with van der Waals surface area (Å²) in [5.41, 5.74) is 3.78. The van der Waals surface area contributed by atoms with Crippen LogP contribution in [0.1, 0.15) is 19.4 Å². The van der Waals surface area contributed by atoms with Gasteiger partial charge in [-0.1, -0.05) is 38.1 Å². The summed E-state index contributed by atoms with van der Waals surface area (Å²) in [5, 5.41) is 6.80. The minimum atomic E-state index is 0.699. The molecule has 2 heteroatoms. The van der Waals surface area contributed by atoms with E-state index in [0.717, 1.165) is 12.0 Å². The Balaban J connectivity index is 2.27. The third-order valence-corrected chi connectivity index (χ3v) is 2.40. The molecule has 0 amide bonds. The minimum Gasteiger partial charge on any atom is -0.285 e. The van der Waals surface area contributed by atoms with Crippen molar-refractivity contribution in [1.82, 2.24) is 10.2 Å². The Morgan fingerprint density at radius 1 is 1.27 bits per heavy atom. The van der Waals surface area contributed by atoms with Crippen LogP contribution < -0.4 is 0 Å². The van der Waals surface area contributed by atoms with E-state index in [1.54, 1.807) is 0 Å². The van der Waals surface area contributed by atoms with Crippen LogP contribution in [-0.2, 0) is 6.42 Å². The smallest absolute Gasteiger partial charge is 0.0565 e. The molecule has 0 spiro atoms. The molecule has 0 fully saturated rings. The van der Waals surface area contributed by atoms with Crippen LogP contribution in [0.4, 0.5) is 0 Å². The highest BCUT2D eigenvalue weighted by atomic mass is 15.1. The van der Waals surface area contributed by atoms with E-state index in [-0.39, 0.29) is 0 Å². The maximum atomic E-state index is 3.96. The Morgan fingerprint density at radius 3 is 2.80 bits per heavy atom. The van der Waals surface area contributed by atoms with Gasteiger partial charge in [0.15, 0.2) is 0 Å². The summed E-state index contributed by atoms with van der Waals surface area (Å²) in [6, 6.07) is 8.66. The number of nitrogens with zero attached hydrogens (tertiary/aromatic N) is 1. The number of benzene rings is 1. The predicted octanol–water partition coefficient (Wildman–Crippen LogP) is 3.28. The molecule has 2 rings (SSSR count). The summed E-state index contributed by atoms with van der Waals surface area (Å²) in [4.78, 5) is 0. The van der Waals surface area contributed by atoms with Crippen LogP contribution in [0.25, 0.3) is 11.1 Å². The van der Waals surface area contributed by atoms with Gasteiger partial charge in [0.2, 0.25) is 0 Å². The fraction of sp³-hybridized carbons (Fsp3) is 0.308. The first-order valence-corrected chi connectivity index (χ1v) is 5.34. The van der Waals surface area contributed by atoms with Gasteiger partial charge in [-0.25, -0.2) is 0 Å². The van der Waals surface area contributed by atoms with Gasteiger partial charge in [0.25, 0.3) is 0 Å². The molecule has 0 aliphatic carbocycles. The first-order chi connectivity index (χ1) is 7.25. The Labute approximate surface area is 90.3 Å². The van der Waals surface area contributed by atoms with Crippen LogP contribution in [0.15, 0.2) is 36.7 Å². The molecule has 0 atom stereocenters. The van der Waals surface area contributed by atoms with Gasteiger partial charge in [0.05, 0.1) is 6.20 Å². The van der Waals surface area contributed by atoms with Gasteiger partial charge >= 0.3 is 0 Å². The number of H-pyrrole nitrogens is 1. The molecule has 2 aromatic rings. The molecule has 0 unspecified atom stereocenters. The number of hydrogen-bond donors (Lipinski definition) is 1. The minimum absolute atomic E-state index is 0.699. The van der Waals surface area contributed by atoms with Crippen molar-refractivity contribution in [3.63, 3.8) is 0 Å². The standard InChI is InChI=1S/C13H16N2/c1-10(2)6-11-4-3-5-12(7-11)13-8-14-15-9-13/h3-5,7-10H,6H2,1-2H3,(H,14,15). The van der Waals surface area contributed by atoms with Crippen LogP contribution in [0.3, 0.4) is 0 Å². The topological polar surface area (TPSA) is 28.7 Å². The van der Waals surface area contributed by atoms with Crippen molar-refractivity contribution >= 4 is 0 Å². The molecule has 1 aromatic carbocycles. The maximum absolute atomic E-state index is 3.96. The van der Waals surface area contributed by atoms with Crippen molar-refractivity contribution in [2.75, 3.05) is 0 Å². The van der Waals surface area contributed by atoms with E-state index in [2.05, 4.69) is 48.3 Å². The maximum Gasteiger partial charge on any atom is 0.0565 e. The monoisotopic (exact) mass is 200 g/mol. The van der Waals surface area contributed by atoms with Crippen molar-refractivity contribution in [1.29, 1.82) is 0 Å². The SMILES string of the molecule is CC(C)Cc1cccc(-c2cn[nH]c2)c1. The van der Waals surface area contributed by atoms with Crippen molar-refractivity contribution < 1.29 is 0 Å². The van der Waals surface area contributed by atoms with E-state index in [4.69, 9.17) is 0 Å². The first kappa shape index (κ1) is 9.97. The Kier molecular flexibility index (Phi) is 2.86. The normalized spacial score (nSPS) is 10.9. The Bertz CT molecular complexity index is 416. The molecule has 0 radical (unpaired) electrons. The predicted molar refractivity (Wildman–Crippen MR) is 62.6 cm³/mol. The molecule has 1 heterocycles. The highest BCUT2D eigenvalue weighted by Gasteiger charge is 2.01. The fourth-order valence-electron chi connectivity index (χ4n) is 1.76. The van der Waals surface area contributed by atoms with Gasteiger partial charge in [-0.2, -0.15) is 5.10 Å². The number of aromatic amines is 1. The van der Waals surface area contributed by atoms with Gasteiger partial charge in [-0.3, -0.25) is 5.10 Å². The lowest BCUT2D eigenvalue weighted by molar-refractivity contribution is 0.647. The van der Waals surface area contributed by atoms with Crippen molar-refractivity contribution in [2.45, 2.75) is 20.3 Å². The van der Waals surface area contributed by atoms with Gasteiger partial charge in [0.1, 0.15) is 0 Å². The first-order valence-electron chi connectivity index (χ1n) is 5.34. The average Bonchev–Trinajstić information content (AvgIpc) is 2.69. The summed E-state index contributed by atoms with van der Waals surface area (Å²) in [5.74, 6) is 0.699. The largest absolute Gasteiger partial charge is 0.285 e. The van der Waals surface area contributed by atoms with Crippen molar-refractivity contribution in [2.24, 2.45) is 5.92 Å². The molecule has 0 saturated heterocycles. The zero-order valence-corrected chi connectivity index (χ0v) is 9.20. The van der Waals surface area contributed by atoms with Crippen LogP contribution in [0, 0.1) is 5.92 Å². The summed E-state index contributed by atoms with van der Waals surface area (Å²) in [7, 11) is 0. The summed E-state index contributed by atoms with van der Waals surface area (Å²) >= 11 is 0. The number of rotatable bonds is 3. The van der Waals surface area contributed by atoms with E-state index in [1.807, 2.05) is 12.4 Å². The van der Waals surface area contributed by atoms with Gasteiger partial charge in [-0.15, -0.1) is 0 Å². The third-order valence-electron chi connectivity index (χ3n) is 2.40. The van der Waals surface area contributed by atoms with E-state index >= 15 is 0 Å². The molecule has 78 valence electrons. The number of hydrogen-bond acceptors (Lipinski definition) is 1. The molecule has 0 aliphatic heterocycles. The third kappa shape index (κ3) is 2.46. The lowest BCUT2D eigenvalue weighted by Gasteiger charge is -2.06. The molecule has 1 aromatic heterocycles. The molecule has 2 nitrogen and oxygen atoms in total. The van der Waals surface area contributed by atoms with Crippen molar-refractivity contribution in [3.05, 3.63) is 42.2 Å². The molecular formula is C13H16N2. The number of aromatic nitrogens is 2.